The van der Waals surface area contributed by atoms with Gasteiger partial charge < -0.3 is 19.9 Å². The van der Waals surface area contributed by atoms with Gasteiger partial charge in [0.25, 0.3) is 0 Å². The van der Waals surface area contributed by atoms with Crippen LogP contribution in [0.25, 0.3) is 0 Å². The SMILES string of the molecule is C=CCNC(=O)N1CCN(C2=Nc3ccc(C)cc3Oc3ccccc32)CC1C. The lowest BCUT2D eigenvalue weighted by Crippen LogP contribution is -2.57. The Kier molecular flexibility index (Phi) is 5.25. The molecule has 150 valence electrons. The van der Waals surface area contributed by atoms with Crippen LogP contribution >= 0.6 is 0 Å². The molecule has 2 amide bonds. The number of hydrogen-bond donors (Lipinski definition) is 1. The van der Waals surface area contributed by atoms with E-state index < -0.39 is 0 Å². The molecule has 6 nitrogen and oxygen atoms in total. The van der Waals surface area contributed by atoms with E-state index in [-0.39, 0.29) is 12.1 Å². The van der Waals surface area contributed by atoms with Crippen LogP contribution in [0.15, 0.2) is 60.1 Å². The van der Waals surface area contributed by atoms with Crippen molar-refractivity contribution < 1.29 is 9.53 Å². The summed E-state index contributed by atoms with van der Waals surface area (Å²) in [5, 5.41) is 2.87. The first-order valence-corrected chi connectivity index (χ1v) is 9.93. The molecular formula is C23H26N4O2. The molecule has 0 saturated carbocycles. The minimum absolute atomic E-state index is 0.0515. The molecule has 1 fully saturated rings. The van der Waals surface area contributed by atoms with E-state index in [0.717, 1.165) is 34.1 Å². The predicted molar refractivity (Wildman–Crippen MR) is 115 cm³/mol. The number of carbonyl (C=O) groups is 1. The van der Waals surface area contributed by atoms with Gasteiger partial charge in [0.15, 0.2) is 5.75 Å². The van der Waals surface area contributed by atoms with Crippen molar-refractivity contribution in [2.45, 2.75) is 19.9 Å². The number of nitrogens with one attached hydrogen (secondary N) is 1. The van der Waals surface area contributed by atoms with E-state index in [0.29, 0.717) is 26.2 Å². The molecule has 1 unspecified atom stereocenters. The monoisotopic (exact) mass is 390 g/mol. The normalized spacial score (nSPS) is 18.0. The Hall–Kier alpha value is -3.28. The molecule has 4 rings (SSSR count). The number of amides is 2. The van der Waals surface area contributed by atoms with E-state index in [9.17, 15) is 4.79 Å². The van der Waals surface area contributed by atoms with Crippen molar-refractivity contribution in [2.24, 2.45) is 4.99 Å². The number of amidine groups is 1. The minimum Gasteiger partial charge on any atom is -0.454 e. The molecule has 0 radical (unpaired) electrons. The van der Waals surface area contributed by atoms with Gasteiger partial charge in [-0.15, -0.1) is 6.58 Å². The molecule has 0 aliphatic carbocycles. The second-order valence-electron chi connectivity index (χ2n) is 7.47. The van der Waals surface area contributed by atoms with Crippen molar-refractivity contribution in [2.75, 3.05) is 26.2 Å². The van der Waals surface area contributed by atoms with Crippen molar-refractivity contribution in [1.29, 1.82) is 0 Å². The molecule has 2 aliphatic heterocycles. The molecule has 2 aromatic carbocycles. The number of rotatable bonds is 2. The zero-order valence-corrected chi connectivity index (χ0v) is 16.9. The van der Waals surface area contributed by atoms with Gasteiger partial charge in [0.1, 0.15) is 17.3 Å². The summed E-state index contributed by atoms with van der Waals surface area (Å²) in [5.41, 5.74) is 2.92. The lowest BCUT2D eigenvalue weighted by Gasteiger charge is -2.41. The number of benzene rings is 2. The van der Waals surface area contributed by atoms with Crippen molar-refractivity contribution in [1.82, 2.24) is 15.1 Å². The minimum atomic E-state index is -0.0515. The molecule has 0 bridgehead atoms. The van der Waals surface area contributed by atoms with Gasteiger partial charge in [0, 0.05) is 32.2 Å². The van der Waals surface area contributed by atoms with E-state index in [2.05, 4.69) is 23.7 Å². The Morgan fingerprint density at radius 3 is 2.90 bits per heavy atom. The lowest BCUT2D eigenvalue weighted by molar-refractivity contribution is 0.135. The first kappa shape index (κ1) is 19.1. The fraction of sp³-hybridized carbons (Fsp3) is 0.304. The summed E-state index contributed by atoms with van der Waals surface area (Å²) in [6.45, 7) is 10.3. The van der Waals surface area contributed by atoms with Gasteiger partial charge in [0.05, 0.1) is 5.56 Å². The molecular weight excluding hydrogens is 364 g/mol. The lowest BCUT2D eigenvalue weighted by atomic mass is 10.1. The van der Waals surface area contributed by atoms with Crippen LogP contribution in [0.3, 0.4) is 0 Å². The Morgan fingerprint density at radius 1 is 1.28 bits per heavy atom. The summed E-state index contributed by atoms with van der Waals surface area (Å²) in [6.07, 6.45) is 1.69. The summed E-state index contributed by atoms with van der Waals surface area (Å²) < 4.78 is 6.21. The zero-order valence-electron chi connectivity index (χ0n) is 16.9. The van der Waals surface area contributed by atoms with Gasteiger partial charge >= 0.3 is 6.03 Å². The van der Waals surface area contributed by atoms with E-state index in [1.807, 2.05) is 54.3 Å². The van der Waals surface area contributed by atoms with Gasteiger partial charge in [-0.3, -0.25) is 0 Å². The Morgan fingerprint density at radius 2 is 2.10 bits per heavy atom. The number of carbonyl (C=O) groups excluding carboxylic acids is 1. The average Bonchev–Trinajstić information content (AvgIpc) is 2.88. The standard InChI is InChI=1S/C23H26N4O2/c1-4-11-24-23(28)27-13-12-26(15-17(27)3)22-18-7-5-6-8-20(18)29-21-14-16(2)9-10-19(21)25-22/h4-10,14,17H,1,11-13,15H2,2-3H3,(H,24,28). The fourth-order valence-electron chi connectivity index (χ4n) is 3.78. The second kappa shape index (κ2) is 7.99. The third-order valence-electron chi connectivity index (χ3n) is 5.28. The number of fused-ring (bicyclic) bond motifs is 2. The second-order valence-corrected chi connectivity index (χ2v) is 7.47. The molecule has 29 heavy (non-hydrogen) atoms. The van der Waals surface area contributed by atoms with Crippen molar-refractivity contribution in [3.8, 4) is 11.5 Å². The predicted octanol–water partition coefficient (Wildman–Crippen LogP) is 4.08. The van der Waals surface area contributed by atoms with Gasteiger partial charge in [-0.1, -0.05) is 24.3 Å². The van der Waals surface area contributed by atoms with Gasteiger partial charge in [-0.25, -0.2) is 9.79 Å². The highest BCUT2D eigenvalue weighted by Gasteiger charge is 2.31. The maximum Gasteiger partial charge on any atom is 0.318 e. The van der Waals surface area contributed by atoms with Crippen LogP contribution < -0.4 is 10.1 Å². The van der Waals surface area contributed by atoms with Crippen molar-refractivity contribution in [3.05, 3.63) is 66.2 Å². The molecule has 2 heterocycles. The summed E-state index contributed by atoms with van der Waals surface area (Å²) in [6, 6.07) is 14.1. The quantitative estimate of drug-likeness (QED) is 0.786. The zero-order chi connectivity index (χ0) is 20.4. The number of aryl methyl sites for hydroxylation is 1. The topological polar surface area (TPSA) is 57.2 Å². The maximum absolute atomic E-state index is 12.4. The van der Waals surface area contributed by atoms with Crippen LogP contribution in [-0.2, 0) is 0 Å². The smallest absolute Gasteiger partial charge is 0.318 e. The van der Waals surface area contributed by atoms with E-state index in [1.54, 1.807) is 6.08 Å². The van der Waals surface area contributed by atoms with Gasteiger partial charge in [0.2, 0.25) is 0 Å². The van der Waals surface area contributed by atoms with Crippen molar-refractivity contribution >= 4 is 17.6 Å². The van der Waals surface area contributed by atoms with Gasteiger partial charge in [-0.05, 0) is 43.7 Å². The van der Waals surface area contributed by atoms with E-state index in [1.165, 1.54) is 0 Å². The molecule has 6 heteroatoms. The third-order valence-corrected chi connectivity index (χ3v) is 5.28. The molecule has 2 aromatic rings. The summed E-state index contributed by atoms with van der Waals surface area (Å²) >= 11 is 0. The Bertz CT molecular complexity index is 969. The Balaban J connectivity index is 1.64. The first-order chi connectivity index (χ1) is 14.1. The molecule has 1 atom stereocenters. The van der Waals surface area contributed by atoms with Crippen LogP contribution in [0.1, 0.15) is 18.1 Å². The van der Waals surface area contributed by atoms with E-state index >= 15 is 0 Å². The molecule has 0 spiro atoms. The van der Waals surface area contributed by atoms with Crippen LogP contribution in [0.5, 0.6) is 11.5 Å². The summed E-state index contributed by atoms with van der Waals surface area (Å²) in [7, 11) is 0. The van der Waals surface area contributed by atoms with Crippen LogP contribution in [-0.4, -0.2) is 53.9 Å². The highest BCUT2D eigenvalue weighted by Crippen LogP contribution is 2.38. The van der Waals surface area contributed by atoms with Crippen molar-refractivity contribution in [3.63, 3.8) is 0 Å². The number of urea groups is 1. The fourth-order valence-corrected chi connectivity index (χ4v) is 3.78. The first-order valence-electron chi connectivity index (χ1n) is 9.93. The molecule has 0 aromatic heterocycles. The largest absolute Gasteiger partial charge is 0.454 e. The number of nitrogens with zero attached hydrogens (tertiary/aromatic N) is 3. The van der Waals surface area contributed by atoms with Crippen LogP contribution in [0, 0.1) is 6.92 Å². The van der Waals surface area contributed by atoms with Gasteiger partial charge in [-0.2, -0.15) is 0 Å². The number of ether oxygens (including phenoxy) is 1. The summed E-state index contributed by atoms with van der Waals surface area (Å²) in [5.74, 6) is 2.46. The highest BCUT2D eigenvalue weighted by atomic mass is 16.5. The number of piperazine rings is 1. The number of para-hydroxylation sites is 1. The average molecular weight is 390 g/mol. The number of hydrogen-bond acceptors (Lipinski definition) is 4. The molecule has 1 saturated heterocycles. The number of aliphatic imine (C=N–C) groups is 1. The highest BCUT2D eigenvalue weighted by molar-refractivity contribution is 6.03. The van der Waals surface area contributed by atoms with Crippen LogP contribution in [0.4, 0.5) is 10.5 Å². The molecule has 1 N–H and O–H groups in total. The van der Waals surface area contributed by atoms with E-state index in [4.69, 9.17) is 9.73 Å². The Labute approximate surface area is 171 Å². The van der Waals surface area contributed by atoms with Crippen LogP contribution in [0.2, 0.25) is 0 Å². The maximum atomic E-state index is 12.4. The summed E-state index contributed by atoms with van der Waals surface area (Å²) in [4.78, 5) is 21.5. The third kappa shape index (κ3) is 3.83. The molecule has 2 aliphatic rings.